The van der Waals surface area contributed by atoms with E-state index in [4.69, 9.17) is 72.1 Å². The van der Waals surface area contributed by atoms with E-state index in [0.29, 0.717) is 38.9 Å². The van der Waals surface area contributed by atoms with E-state index in [9.17, 15) is 5.11 Å². The van der Waals surface area contributed by atoms with Crippen molar-refractivity contribution in [3.8, 4) is 23.8 Å². The Kier molecular flexibility index (Phi) is 11.2. The number of aliphatic hydroxyl groups is 2. The van der Waals surface area contributed by atoms with Crippen LogP contribution in [-0.2, 0) is 11.2 Å². The first kappa shape index (κ1) is 26.9. The molecule has 5 nitrogen and oxygen atoms in total. The lowest BCUT2D eigenvalue weighted by Gasteiger charge is -2.16. The van der Waals surface area contributed by atoms with Crippen LogP contribution in [0.3, 0.4) is 0 Å². The quantitative estimate of drug-likeness (QED) is 0.293. The molecule has 0 aliphatic heterocycles. The van der Waals surface area contributed by atoms with Crippen LogP contribution in [0.15, 0.2) is 24.3 Å². The molecular formula is C23H24Cl4O5. The lowest BCUT2D eigenvalue weighted by molar-refractivity contribution is 0.0229. The molecule has 2 aromatic carbocycles. The smallest absolute Gasteiger partial charge is 0.156 e. The summed E-state index contributed by atoms with van der Waals surface area (Å²) >= 11 is 25.4. The zero-order valence-electron chi connectivity index (χ0n) is 17.4. The SMILES string of the molecule is C#CCOCC(O)COc1c(Cl)cc(Cc2cc(Cl)c(OCC(C)CO)c(Cl)c2)cc1Cl. The molecule has 0 heterocycles. The number of ether oxygens (including phenoxy) is 3. The Hall–Kier alpha value is -1.36. The van der Waals surface area contributed by atoms with Crippen molar-refractivity contribution in [3.05, 3.63) is 55.5 Å². The van der Waals surface area contributed by atoms with Gasteiger partial charge in [0.2, 0.25) is 0 Å². The molecule has 2 unspecified atom stereocenters. The van der Waals surface area contributed by atoms with Gasteiger partial charge in [-0.05, 0) is 41.8 Å². The minimum absolute atomic E-state index is 0.00700. The van der Waals surface area contributed by atoms with Gasteiger partial charge in [0.05, 0.1) is 33.3 Å². The predicted octanol–water partition coefficient (Wildman–Crippen LogP) is 5.29. The van der Waals surface area contributed by atoms with E-state index >= 15 is 0 Å². The summed E-state index contributed by atoms with van der Waals surface area (Å²) in [5.74, 6) is 2.92. The van der Waals surface area contributed by atoms with E-state index < -0.39 is 6.10 Å². The maximum atomic E-state index is 9.87. The Balaban J connectivity index is 2.06. The summed E-state index contributed by atoms with van der Waals surface area (Å²) in [6.07, 6.45) is 4.68. The molecule has 9 heteroatoms. The lowest BCUT2D eigenvalue weighted by Crippen LogP contribution is -2.23. The van der Waals surface area contributed by atoms with Crippen LogP contribution in [0.1, 0.15) is 18.1 Å². The first-order chi connectivity index (χ1) is 15.2. The van der Waals surface area contributed by atoms with Gasteiger partial charge in [0.1, 0.15) is 19.3 Å². The highest BCUT2D eigenvalue weighted by Crippen LogP contribution is 2.37. The van der Waals surface area contributed by atoms with E-state index in [-0.39, 0.29) is 38.1 Å². The maximum Gasteiger partial charge on any atom is 0.156 e. The Morgan fingerprint density at radius 1 is 0.875 bits per heavy atom. The van der Waals surface area contributed by atoms with Crippen LogP contribution >= 0.6 is 46.4 Å². The van der Waals surface area contributed by atoms with E-state index in [1.165, 1.54) is 0 Å². The van der Waals surface area contributed by atoms with Gasteiger partial charge in [0.25, 0.3) is 0 Å². The molecule has 2 aromatic rings. The predicted molar refractivity (Wildman–Crippen MR) is 129 cm³/mol. The molecule has 0 fully saturated rings. The molecule has 0 spiro atoms. The molecule has 0 radical (unpaired) electrons. The Morgan fingerprint density at radius 2 is 1.34 bits per heavy atom. The average Bonchev–Trinajstić information content (AvgIpc) is 2.72. The molecular weight excluding hydrogens is 498 g/mol. The van der Waals surface area contributed by atoms with Gasteiger partial charge in [-0.15, -0.1) is 6.42 Å². The highest BCUT2D eigenvalue weighted by molar-refractivity contribution is 6.38. The van der Waals surface area contributed by atoms with E-state index in [1.54, 1.807) is 24.3 Å². The second kappa shape index (κ2) is 13.4. The number of hydrogen-bond acceptors (Lipinski definition) is 5. The van der Waals surface area contributed by atoms with Crippen LogP contribution in [0.4, 0.5) is 0 Å². The second-order valence-electron chi connectivity index (χ2n) is 7.24. The minimum atomic E-state index is -0.874. The van der Waals surface area contributed by atoms with Gasteiger partial charge in [0.15, 0.2) is 11.5 Å². The second-order valence-corrected chi connectivity index (χ2v) is 8.87. The molecule has 2 atom stereocenters. The van der Waals surface area contributed by atoms with Gasteiger partial charge in [-0.2, -0.15) is 0 Å². The molecule has 0 aliphatic rings. The molecule has 0 amide bonds. The van der Waals surface area contributed by atoms with Gasteiger partial charge in [-0.1, -0.05) is 59.2 Å². The Bertz CT molecular complexity index is 898. The first-order valence-electron chi connectivity index (χ1n) is 9.76. The molecule has 0 saturated heterocycles. The third kappa shape index (κ3) is 8.20. The fourth-order valence-corrected chi connectivity index (χ4v) is 3.98. The molecule has 0 saturated carbocycles. The van der Waals surface area contributed by atoms with Gasteiger partial charge in [-0.3, -0.25) is 0 Å². The largest absolute Gasteiger partial charge is 0.490 e. The van der Waals surface area contributed by atoms with Crippen LogP contribution in [-0.4, -0.2) is 49.4 Å². The van der Waals surface area contributed by atoms with Gasteiger partial charge in [-0.25, -0.2) is 0 Å². The zero-order chi connectivity index (χ0) is 23.7. The van der Waals surface area contributed by atoms with Crippen LogP contribution < -0.4 is 9.47 Å². The number of hydrogen-bond donors (Lipinski definition) is 2. The monoisotopic (exact) mass is 520 g/mol. The Morgan fingerprint density at radius 3 is 1.78 bits per heavy atom. The van der Waals surface area contributed by atoms with Gasteiger partial charge < -0.3 is 24.4 Å². The molecule has 0 bridgehead atoms. The zero-order valence-corrected chi connectivity index (χ0v) is 20.4. The highest BCUT2D eigenvalue weighted by Gasteiger charge is 2.15. The first-order valence-corrected chi connectivity index (χ1v) is 11.3. The third-order valence-corrected chi connectivity index (χ3v) is 5.39. The van der Waals surface area contributed by atoms with Crippen LogP contribution in [0.2, 0.25) is 20.1 Å². The third-order valence-electron chi connectivity index (χ3n) is 4.26. The van der Waals surface area contributed by atoms with Crippen molar-refractivity contribution >= 4 is 46.4 Å². The van der Waals surface area contributed by atoms with Crippen molar-refractivity contribution in [3.63, 3.8) is 0 Å². The number of benzene rings is 2. The summed E-state index contributed by atoms with van der Waals surface area (Å²) in [5.41, 5.74) is 1.66. The summed E-state index contributed by atoms with van der Waals surface area (Å²) in [6, 6.07) is 6.95. The average molecular weight is 522 g/mol. The molecule has 32 heavy (non-hydrogen) atoms. The van der Waals surface area contributed by atoms with Crippen molar-refractivity contribution in [2.45, 2.75) is 19.4 Å². The van der Waals surface area contributed by atoms with Crippen molar-refractivity contribution in [2.75, 3.05) is 33.0 Å². The van der Waals surface area contributed by atoms with Gasteiger partial charge in [0, 0.05) is 12.5 Å². The van der Waals surface area contributed by atoms with Crippen LogP contribution in [0.5, 0.6) is 11.5 Å². The fourth-order valence-electron chi connectivity index (χ4n) is 2.70. The topological polar surface area (TPSA) is 68.2 Å². The Labute approximate surface area is 208 Å². The van der Waals surface area contributed by atoms with E-state index in [0.717, 1.165) is 11.1 Å². The number of rotatable bonds is 12. The van der Waals surface area contributed by atoms with Crippen LogP contribution in [0, 0.1) is 18.3 Å². The summed E-state index contributed by atoms with van der Waals surface area (Å²) in [7, 11) is 0. The minimum Gasteiger partial charge on any atom is -0.490 e. The molecule has 0 aliphatic carbocycles. The summed E-state index contributed by atoms with van der Waals surface area (Å²) in [4.78, 5) is 0. The van der Waals surface area contributed by atoms with E-state index in [1.807, 2.05) is 6.92 Å². The number of terminal acetylenes is 1. The normalized spacial score (nSPS) is 12.8. The molecule has 2 rings (SSSR count). The maximum absolute atomic E-state index is 9.87. The number of halogens is 4. The fraction of sp³-hybridized carbons (Fsp3) is 0.391. The molecule has 174 valence electrons. The molecule has 0 aromatic heterocycles. The van der Waals surface area contributed by atoms with Gasteiger partial charge >= 0.3 is 0 Å². The van der Waals surface area contributed by atoms with Crippen molar-refractivity contribution in [2.24, 2.45) is 5.92 Å². The highest BCUT2D eigenvalue weighted by atomic mass is 35.5. The van der Waals surface area contributed by atoms with E-state index in [2.05, 4.69) is 5.92 Å². The number of aliphatic hydroxyl groups excluding tert-OH is 2. The summed E-state index contributed by atoms with van der Waals surface area (Å²) < 4.78 is 16.3. The summed E-state index contributed by atoms with van der Waals surface area (Å²) in [5, 5.41) is 20.4. The summed E-state index contributed by atoms with van der Waals surface area (Å²) in [6.45, 7) is 2.25. The van der Waals surface area contributed by atoms with Crippen molar-refractivity contribution in [1.29, 1.82) is 0 Å². The lowest BCUT2D eigenvalue weighted by atomic mass is 10.0. The molecule has 2 N–H and O–H groups in total. The van der Waals surface area contributed by atoms with Crippen molar-refractivity contribution < 1.29 is 24.4 Å². The van der Waals surface area contributed by atoms with Crippen LogP contribution in [0.25, 0.3) is 0 Å². The van der Waals surface area contributed by atoms with Crippen molar-refractivity contribution in [1.82, 2.24) is 0 Å². The standard InChI is InChI=1S/C23H24Cl4O5/c1-3-4-30-12-17(29)13-32-23-20(26)8-16(9-21(23)27)5-15-6-18(24)22(19(25)7-15)31-11-14(2)10-28/h1,6-9,14,17,28-29H,4-5,10-13H2,2H3.